The van der Waals surface area contributed by atoms with Crippen molar-refractivity contribution in [2.24, 2.45) is 0 Å². The number of hydrogen-bond donors (Lipinski definition) is 0. The Hall–Kier alpha value is -2.14. The second kappa shape index (κ2) is 6.10. The largest absolute Gasteiger partial charge is 0.494 e. The zero-order valence-electron chi connectivity index (χ0n) is 11.9. The molecule has 0 radical (unpaired) electrons. The lowest BCUT2D eigenvalue weighted by Crippen LogP contribution is -2.04. The van der Waals surface area contributed by atoms with E-state index in [0.717, 1.165) is 6.26 Å². The molecule has 0 aliphatic carbocycles. The fourth-order valence-corrected chi connectivity index (χ4v) is 2.57. The first-order valence-corrected chi connectivity index (χ1v) is 8.38. The van der Waals surface area contributed by atoms with Crippen molar-refractivity contribution in [3.63, 3.8) is 0 Å². The lowest BCUT2D eigenvalue weighted by atomic mass is 10.0. The Bertz CT molecular complexity index is 746. The fourth-order valence-electron chi connectivity index (χ4n) is 1.90. The summed E-state index contributed by atoms with van der Waals surface area (Å²) in [5, 5.41) is 0. The molecular weight excluding hydrogens is 288 g/mol. The minimum Gasteiger partial charge on any atom is -0.494 e. The zero-order chi connectivity index (χ0) is 15.5. The molecule has 0 fully saturated rings. The van der Waals surface area contributed by atoms with Crippen molar-refractivity contribution in [2.75, 3.05) is 12.9 Å². The molecule has 2 rings (SSSR count). The predicted octanol–water partition coefficient (Wildman–Crippen LogP) is 2.72. The van der Waals surface area contributed by atoms with Crippen molar-refractivity contribution in [1.82, 2.24) is 0 Å². The number of carbonyl (C=O) groups is 1. The van der Waals surface area contributed by atoms with E-state index in [1.165, 1.54) is 12.1 Å². The molecule has 0 spiro atoms. The average Bonchev–Trinajstić information content (AvgIpc) is 2.47. The molecule has 0 aromatic heterocycles. The lowest BCUT2D eigenvalue weighted by Gasteiger charge is -2.06. The smallest absolute Gasteiger partial charge is 0.193 e. The van der Waals surface area contributed by atoms with Crippen LogP contribution in [0.5, 0.6) is 5.75 Å². The van der Waals surface area contributed by atoms with Gasteiger partial charge in [0.1, 0.15) is 5.75 Å². The molecule has 4 nitrogen and oxygen atoms in total. The molecule has 2 aromatic carbocycles. The standard InChI is InChI=1S/C16H16O4S/c1-3-20-14-9-7-12(8-10-14)16(17)13-5-4-6-15(11-13)21(2,18)19/h4-11H,3H2,1-2H3. The first kappa shape index (κ1) is 15.3. The van der Waals surface area contributed by atoms with E-state index < -0.39 is 9.84 Å². The van der Waals surface area contributed by atoms with Gasteiger partial charge in [-0.05, 0) is 43.3 Å². The molecule has 0 aliphatic heterocycles. The van der Waals surface area contributed by atoms with E-state index in [1.807, 2.05) is 6.92 Å². The molecule has 0 heterocycles. The third kappa shape index (κ3) is 3.70. The Balaban J connectivity index is 2.32. The van der Waals surface area contributed by atoms with Gasteiger partial charge in [-0.2, -0.15) is 0 Å². The van der Waals surface area contributed by atoms with Crippen molar-refractivity contribution in [2.45, 2.75) is 11.8 Å². The highest BCUT2D eigenvalue weighted by atomic mass is 32.2. The van der Waals surface area contributed by atoms with Crippen LogP contribution in [0.1, 0.15) is 22.8 Å². The molecule has 0 amide bonds. The summed E-state index contributed by atoms with van der Waals surface area (Å²) in [6, 6.07) is 12.8. The van der Waals surface area contributed by atoms with Crippen LogP contribution in [-0.2, 0) is 9.84 Å². The van der Waals surface area contributed by atoms with Crippen LogP contribution in [0.2, 0.25) is 0 Å². The number of ketones is 1. The van der Waals surface area contributed by atoms with Gasteiger partial charge in [-0.3, -0.25) is 4.79 Å². The van der Waals surface area contributed by atoms with Crippen LogP contribution in [-0.4, -0.2) is 27.1 Å². The van der Waals surface area contributed by atoms with Gasteiger partial charge in [0, 0.05) is 17.4 Å². The summed E-state index contributed by atoms with van der Waals surface area (Å²) in [5.74, 6) is 0.475. The summed E-state index contributed by atoms with van der Waals surface area (Å²) in [6.07, 6.45) is 1.12. The highest BCUT2D eigenvalue weighted by Gasteiger charge is 2.13. The molecule has 0 unspecified atom stereocenters. The summed E-state index contributed by atoms with van der Waals surface area (Å²) in [5.41, 5.74) is 0.839. The highest BCUT2D eigenvalue weighted by molar-refractivity contribution is 7.90. The van der Waals surface area contributed by atoms with Gasteiger partial charge in [0.15, 0.2) is 15.6 Å². The van der Waals surface area contributed by atoms with Crippen LogP contribution in [0.3, 0.4) is 0 Å². The molecule has 0 atom stereocenters. The number of ether oxygens (including phenoxy) is 1. The minimum atomic E-state index is -3.33. The maximum absolute atomic E-state index is 12.4. The predicted molar refractivity (Wildman–Crippen MR) is 80.6 cm³/mol. The maximum atomic E-state index is 12.4. The number of carbonyl (C=O) groups excluding carboxylic acids is 1. The van der Waals surface area contributed by atoms with E-state index in [9.17, 15) is 13.2 Å². The zero-order valence-corrected chi connectivity index (χ0v) is 12.7. The van der Waals surface area contributed by atoms with Crippen molar-refractivity contribution in [3.8, 4) is 5.75 Å². The van der Waals surface area contributed by atoms with Crippen molar-refractivity contribution < 1.29 is 17.9 Å². The monoisotopic (exact) mass is 304 g/mol. The van der Waals surface area contributed by atoms with Gasteiger partial charge in [0.25, 0.3) is 0 Å². The highest BCUT2D eigenvalue weighted by Crippen LogP contribution is 2.18. The number of rotatable bonds is 5. The molecule has 0 aliphatic rings. The van der Waals surface area contributed by atoms with Gasteiger partial charge in [-0.25, -0.2) is 8.42 Å². The second-order valence-corrected chi connectivity index (χ2v) is 6.60. The molecule has 5 heteroatoms. The third-order valence-corrected chi connectivity index (χ3v) is 4.06. The first-order valence-electron chi connectivity index (χ1n) is 6.49. The quantitative estimate of drug-likeness (QED) is 0.797. The summed E-state index contributed by atoms with van der Waals surface area (Å²) >= 11 is 0. The fraction of sp³-hybridized carbons (Fsp3) is 0.188. The molecule has 0 saturated carbocycles. The van der Waals surface area contributed by atoms with E-state index in [1.54, 1.807) is 36.4 Å². The Morgan fingerprint density at radius 3 is 2.29 bits per heavy atom. The SMILES string of the molecule is CCOc1ccc(C(=O)c2cccc(S(C)(=O)=O)c2)cc1. The molecule has 2 aromatic rings. The summed E-state index contributed by atoms with van der Waals surface area (Å²) in [4.78, 5) is 12.5. The van der Waals surface area contributed by atoms with Crippen LogP contribution in [0.15, 0.2) is 53.4 Å². The van der Waals surface area contributed by atoms with Crippen molar-refractivity contribution in [3.05, 3.63) is 59.7 Å². The number of benzene rings is 2. The van der Waals surface area contributed by atoms with Crippen LogP contribution < -0.4 is 4.74 Å². The Kier molecular flexibility index (Phi) is 4.43. The third-order valence-electron chi connectivity index (χ3n) is 2.95. The van der Waals surface area contributed by atoms with E-state index >= 15 is 0 Å². The van der Waals surface area contributed by atoms with E-state index in [2.05, 4.69) is 0 Å². The summed E-state index contributed by atoms with van der Waals surface area (Å²) in [7, 11) is -3.33. The van der Waals surface area contributed by atoms with Gasteiger partial charge >= 0.3 is 0 Å². The number of sulfone groups is 1. The molecule has 0 saturated heterocycles. The lowest BCUT2D eigenvalue weighted by molar-refractivity contribution is 0.103. The molecule has 0 bridgehead atoms. The van der Waals surface area contributed by atoms with E-state index in [0.29, 0.717) is 23.5 Å². The first-order chi connectivity index (χ1) is 9.91. The van der Waals surface area contributed by atoms with E-state index in [4.69, 9.17) is 4.74 Å². The van der Waals surface area contributed by atoms with Gasteiger partial charge in [0.05, 0.1) is 11.5 Å². The van der Waals surface area contributed by atoms with Crippen LogP contribution in [0.25, 0.3) is 0 Å². The molecule has 110 valence electrons. The van der Waals surface area contributed by atoms with Crippen LogP contribution in [0.4, 0.5) is 0 Å². The van der Waals surface area contributed by atoms with Crippen molar-refractivity contribution >= 4 is 15.6 Å². The number of hydrogen-bond acceptors (Lipinski definition) is 4. The molecule has 21 heavy (non-hydrogen) atoms. The normalized spacial score (nSPS) is 11.1. The van der Waals surface area contributed by atoms with Gasteiger partial charge in [0.2, 0.25) is 0 Å². The van der Waals surface area contributed by atoms with Gasteiger partial charge < -0.3 is 4.74 Å². The van der Waals surface area contributed by atoms with E-state index in [-0.39, 0.29) is 10.7 Å². The van der Waals surface area contributed by atoms with Crippen molar-refractivity contribution in [1.29, 1.82) is 0 Å². The Morgan fingerprint density at radius 1 is 1.05 bits per heavy atom. The summed E-state index contributed by atoms with van der Waals surface area (Å²) in [6.45, 7) is 2.44. The maximum Gasteiger partial charge on any atom is 0.193 e. The van der Waals surface area contributed by atoms with Crippen LogP contribution in [0, 0.1) is 0 Å². The topological polar surface area (TPSA) is 60.4 Å². The average molecular weight is 304 g/mol. The second-order valence-electron chi connectivity index (χ2n) is 4.59. The Morgan fingerprint density at radius 2 is 1.71 bits per heavy atom. The molecule has 0 N–H and O–H groups in total. The van der Waals surface area contributed by atoms with Gasteiger partial charge in [-0.1, -0.05) is 12.1 Å². The Labute approximate surface area is 124 Å². The molecular formula is C16H16O4S. The van der Waals surface area contributed by atoms with Crippen LogP contribution >= 0.6 is 0 Å². The minimum absolute atomic E-state index is 0.138. The summed E-state index contributed by atoms with van der Waals surface area (Å²) < 4.78 is 28.4. The van der Waals surface area contributed by atoms with Gasteiger partial charge in [-0.15, -0.1) is 0 Å².